The Morgan fingerprint density at radius 1 is 1.18 bits per heavy atom. The number of ether oxygens (including phenoxy) is 2. The van der Waals surface area contributed by atoms with Crippen LogP contribution in [0.15, 0.2) is 42.5 Å². The fourth-order valence-corrected chi connectivity index (χ4v) is 5.48. The number of rotatable bonds is 9. The number of esters is 1. The van der Waals surface area contributed by atoms with Crippen LogP contribution in [-0.2, 0) is 16.0 Å². The van der Waals surface area contributed by atoms with Crippen LogP contribution >= 0.6 is 0 Å². The first-order valence-electron chi connectivity index (χ1n) is 12.5. The zero-order valence-corrected chi connectivity index (χ0v) is 20.2. The van der Waals surface area contributed by atoms with Crippen LogP contribution in [0.2, 0.25) is 0 Å². The Hall–Kier alpha value is -3.02. The summed E-state index contributed by atoms with van der Waals surface area (Å²) < 4.78 is 11.9. The van der Waals surface area contributed by atoms with Crippen LogP contribution < -0.4 is 14.4 Å². The highest BCUT2D eigenvalue weighted by molar-refractivity contribution is 5.76. The molecule has 2 aliphatic heterocycles. The number of fused-ring (bicyclic) bond motifs is 3. The van der Waals surface area contributed by atoms with E-state index in [-0.39, 0.29) is 18.4 Å². The van der Waals surface area contributed by atoms with Crippen molar-refractivity contribution in [2.45, 2.75) is 83.3 Å². The second-order valence-corrected chi connectivity index (χ2v) is 9.63. The van der Waals surface area contributed by atoms with Gasteiger partial charge in [-0.25, -0.2) is 0 Å². The monoisotopic (exact) mass is 465 g/mol. The molecule has 6 heteroatoms. The summed E-state index contributed by atoms with van der Waals surface area (Å²) in [5.41, 5.74) is 3.12. The van der Waals surface area contributed by atoms with Gasteiger partial charge >= 0.3 is 11.9 Å². The topological polar surface area (TPSA) is 76.1 Å². The Morgan fingerprint density at radius 3 is 2.71 bits per heavy atom. The largest absolute Gasteiger partial charge is 0.491 e. The molecule has 0 aromatic heterocycles. The maximum atomic E-state index is 11.9. The van der Waals surface area contributed by atoms with Gasteiger partial charge in [-0.05, 0) is 57.4 Å². The minimum absolute atomic E-state index is 0.00231. The van der Waals surface area contributed by atoms with Crippen LogP contribution in [0, 0.1) is 0 Å². The van der Waals surface area contributed by atoms with E-state index in [0.29, 0.717) is 17.5 Å². The molecule has 0 spiro atoms. The van der Waals surface area contributed by atoms with Gasteiger partial charge in [-0.1, -0.05) is 30.3 Å². The maximum absolute atomic E-state index is 11.9. The minimum Gasteiger partial charge on any atom is -0.491 e. The SMILES string of the molecule is CC(=O)Oc1cc(OC(C)CCCc2ccccc2)cc2c1C(CC(=O)O)CC1CCCCN21. The molecule has 1 saturated heterocycles. The lowest BCUT2D eigenvalue weighted by Gasteiger charge is -2.45. The quantitative estimate of drug-likeness (QED) is 0.377. The smallest absolute Gasteiger partial charge is 0.308 e. The van der Waals surface area contributed by atoms with E-state index < -0.39 is 11.9 Å². The van der Waals surface area contributed by atoms with Crippen molar-refractivity contribution in [1.29, 1.82) is 0 Å². The fourth-order valence-electron chi connectivity index (χ4n) is 5.48. The van der Waals surface area contributed by atoms with Crippen molar-refractivity contribution in [3.8, 4) is 11.5 Å². The first kappa shape index (κ1) is 24.1. The molecule has 0 aliphatic carbocycles. The molecular formula is C28H35NO5. The number of carboxylic acids is 1. The van der Waals surface area contributed by atoms with Crippen LogP contribution in [0.3, 0.4) is 0 Å². The average molecular weight is 466 g/mol. The van der Waals surface area contributed by atoms with Crippen molar-refractivity contribution in [2.75, 3.05) is 11.4 Å². The molecule has 34 heavy (non-hydrogen) atoms. The molecule has 2 aromatic carbocycles. The van der Waals surface area contributed by atoms with Gasteiger partial charge in [0.05, 0.1) is 12.5 Å². The normalized spacial score (nSPS) is 20.1. The van der Waals surface area contributed by atoms with Gasteiger partial charge in [-0.3, -0.25) is 9.59 Å². The third-order valence-electron chi connectivity index (χ3n) is 6.93. The number of hydrogen-bond donors (Lipinski definition) is 1. The molecule has 6 nitrogen and oxygen atoms in total. The number of aliphatic carboxylic acids is 1. The van der Waals surface area contributed by atoms with Crippen molar-refractivity contribution in [3.63, 3.8) is 0 Å². The molecule has 2 aromatic rings. The number of nitrogens with zero attached hydrogens (tertiary/aromatic N) is 1. The molecule has 2 heterocycles. The predicted octanol–water partition coefficient (Wildman–Crippen LogP) is 5.72. The maximum Gasteiger partial charge on any atom is 0.308 e. The number of aryl methyl sites for hydroxylation is 1. The molecule has 4 rings (SSSR count). The van der Waals surface area contributed by atoms with Crippen molar-refractivity contribution in [3.05, 3.63) is 53.6 Å². The van der Waals surface area contributed by atoms with Gasteiger partial charge in [-0.2, -0.15) is 0 Å². The molecule has 0 radical (unpaired) electrons. The molecule has 3 unspecified atom stereocenters. The number of benzene rings is 2. The van der Waals surface area contributed by atoms with E-state index in [0.717, 1.165) is 62.7 Å². The molecule has 0 bridgehead atoms. The number of piperidine rings is 1. The molecule has 1 fully saturated rings. The van der Waals surface area contributed by atoms with E-state index in [1.54, 1.807) is 6.07 Å². The number of carbonyl (C=O) groups is 2. The summed E-state index contributed by atoms with van der Waals surface area (Å²) in [5, 5.41) is 9.55. The first-order valence-corrected chi connectivity index (χ1v) is 12.5. The molecule has 3 atom stereocenters. The van der Waals surface area contributed by atoms with Crippen LogP contribution in [0.4, 0.5) is 5.69 Å². The zero-order valence-electron chi connectivity index (χ0n) is 20.2. The highest BCUT2D eigenvalue weighted by Gasteiger charge is 2.38. The van der Waals surface area contributed by atoms with Crippen molar-refractivity contribution < 1.29 is 24.2 Å². The van der Waals surface area contributed by atoms with Crippen molar-refractivity contribution in [1.82, 2.24) is 0 Å². The highest BCUT2D eigenvalue weighted by atomic mass is 16.5. The minimum atomic E-state index is -0.832. The Labute approximate surface area is 201 Å². The number of carbonyl (C=O) groups excluding carboxylic acids is 1. The van der Waals surface area contributed by atoms with Crippen LogP contribution in [0.25, 0.3) is 0 Å². The molecule has 0 saturated carbocycles. The molecular weight excluding hydrogens is 430 g/mol. The lowest BCUT2D eigenvalue weighted by Crippen LogP contribution is -2.44. The first-order chi connectivity index (χ1) is 16.4. The summed E-state index contributed by atoms with van der Waals surface area (Å²) in [5.74, 6) is -0.320. The van der Waals surface area contributed by atoms with E-state index in [4.69, 9.17) is 9.47 Å². The van der Waals surface area contributed by atoms with Crippen molar-refractivity contribution >= 4 is 17.6 Å². The van der Waals surface area contributed by atoms with E-state index in [1.807, 2.05) is 12.1 Å². The summed E-state index contributed by atoms with van der Waals surface area (Å²) in [6, 6.07) is 14.5. The molecule has 1 N–H and O–H groups in total. The van der Waals surface area contributed by atoms with Gasteiger partial charge in [0.2, 0.25) is 0 Å². The number of hydrogen-bond acceptors (Lipinski definition) is 5. The van der Waals surface area contributed by atoms with Gasteiger partial charge in [0.1, 0.15) is 11.5 Å². The van der Waals surface area contributed by atoms with E-state index in [9.17, 15) is 14.7 Å². The zero-order chi connectivity index (χ0) is 24.1. The molecule has 2 aliphatic rings. The van der Waals surface area contributed by atoms with Crippen LogP contribution in [0.1, 0.15) is 75.8 Å². The van der Waals surface area contributed by atoms with Gasteiger partial charge < -0.3 is 19.5 Å². The highest BCUT2D eigenvalue weighted by Crippen LogP contribution is 2.49. The van der Waals surface area contributed by atoms with Gasteiger partial charge in [0.25, 0.3) is 0 Å². The van der Waals surface area contributed by atoms with Gasteiger partial charge in [-0.15, -0.1) is 0 Å². The van der Waals surface area contributed by atoms with E-state index in [2.05, 4.69) is 36.1 Å². The Balaban J connectivity index is 1.57. The van der Waals surface area contributed by atoms with Gasteiger partial charge in [0.15, 0.2) is 0 Å². The van der Waals surface area contributed by atoms with E-state index in [1.165, 1.54) is 12.5 Å². The summed E-state index contributed by atoms with van der Waals surface area (Å²) >= 11 is 0. The summed E-state index contributed by atoms with van der Waals surface area (Å²) in [7, 11) is 0. The average Bonchev–Trinajstić information content (AvgIpc) is 2.79. The standard InChI is InChI=1S/C28H35NO5/c1-19(9-8-12-21-10-4-3-5-11-21)33-24-17-25-28(26(18-24)34-20(2)30)22(16-27(31)32)15-23-13-6-7-14-29(23)25/h3-5,10-11,17-19,22-23H,6-9,12-16H2,1-2H3,(H,31,32). The Kier molecular flexibility index (Phi) is 7.76. The summed E-state index contributed by atoms with van der Waals surface area (Å²) in [4.78, 5) is 25.9. The lowest BCUT2D eigenvalue weighted by molar-refractivity contribution is -0.137. The third kappa shape index (κ3) is 5.91. The molecule has 0 amide bonds. The van der Waals surface area contributed by atoms with Crippen LogP contribution in [-0.4, -0.2) is 35.7 Å². The Morgan fingerprint density at radius 2 is 1.97 bits per heavy atom. The van der Waals surface area contributed by atoms with Crippen molar-refractivity contribution in [2.24, 2.45) is 0 Å². The molecule has 182 valence electrons. The van der Waals surface area contributed by atoms with Crippen LogP contribution in [0.5, 0.6) is 11.5 Å². The summed E-state index contributed by atoms with van der Waals surface area (Å²) in [6.07, 6.45) is 7.03. The Bertz CT molecular complexity index is 1010. The second kappa shape index (κ2) is 10.9. The second-order valence-electron chi connectivity index (χ2n) is 9.63. The lowest BCUT2D eigenvalue weighted by atomic mass is 9.80. The predicted molar refractivity (Wildman–Crippen MR) is 132 cm³/mol. The fraction of sp³-hybridized carbons (Fsp3) is 0.500. The van der Waals surface area contributed by atoms with E-state index >= 15 is 0 Å². The summed E-state index contributed by atoms with van der Waals surface area (Å²) in [6.45, 7) is 4.37. The number of carboxylic acid groups (broad SMARTS) is 1. The van der Waals surface area contributed by atoms with Gasteiger partial charge in [0, 0.05) is 48.8 Å². The third-order valence-corrected chi connectivity index (χ3v) is 6.93. The number of anilines is 1.